The maximum atomic E-state index is 5.85. The van der Waals surface area contributed by atoms with Crippen molar-refractivity contribution in [1.29, 1.82) is 0 Å². The molecule has 0 atom stereocenters. The van der Waals surface area contributed by atoms with Crippen molar-refractivity contribution in [2.75, 3.05) is 6.54 Å². The second-order valence-electron chi connectivity index (χ2n) is 5.95. The lowest BCUT2D eigenvalue weighted by molar-refractivity contribution is 0.139. The quantitative estimate of drug-likeness (QED) is 0.877. The highest BCUT2D eigenvalue weighted by atomic mass is 15.1. The fourth-order valence-corrected chi connectivity index (χ4v) is 3.24. The summed E-state index contributed by atoms with van der Waals surface area (Å²) in [6.45, 7) is 7.51. The summed E-state index contributed by atoms with van der Waals surface area (Å²) in [5, 5.41) is 0. The van der Waals surface area contributed by atoms with Crippen molar-refractivity contribution < 1.29 is 0 Å². The molecule has 0 saturated heterocycles. The van der Waals surface area contributed by atoms with E-state index in [0.29, 0.717) is 6.54 Å². The number of nitrogens with two attached hydrogens (primary N) is 1. The fourth-order valence-electron chi connectivity index (χ4n) is 3.24. The normalized spacial score (nSPS) is 23.8. The van der Waals surface area contributed by atoms with E-state index in [0.717, 1.165) is 25.0 Å². The van der Waals surface area contributed by atoms with Gasteiger partial charge in [-0.2, -0.15) is 0 Å². The van der Waals surface area contributed by atoms with Crippen molar-refractivity contribution in [1.82, 2.24) is 4.90 Å². The van der Waals surface area contributed by atoms with Crippen molar-refractivity contribution in [2.45, 2.75) is 58.7 Å². The Kier molecular flexibility index (Phi) is 5.41. The zero-order valence-electron chi connectivity index (χ0n) is 12.4. The van der Waals surface area contributed by atoms with E-state index in [9.17, 15) is 0 Å². The Morgan fingerprint density at radius 2 is 1.74 bits per heavy atom. The SMILES string of the molecule is CCN(Cc1ccccc1CN)C1CCC(C)CC1. The van der Waals surface area contributed by atoms with Crippen molar-refractivity contribution in [3.05, 3.63) is 35.4 Å². The van der Waals surface area contributed by atoms with Crippen LogP contribution >= 0.6 is 0 Å². The third-order valence-corrected chi connectivity index (χ3v) is 4.62. The summed E-state index contributed by atoms with van der Waals surface area (Å²) in [5.74, 6) is 0.922. The molecule has 0 aliphatic heterocycles. The predicted octanol–water partition coefficient (Wildman–Crippen LogP) is 3.55. The molecule has 0 bridgehead atoms. The molecule has 0 aromatic heterocycles. The van der Waals surface area contributed by atoms with Gasteiger partial charge in [-0.1, -0.05) is 38.1 Å². The van der Waals surface area contributed by atoms with Crippen molar-refractivity contribution >= 4 is 0 Å². The third kappa shape index (κ3) is 3.80. The summed E-state index contributed by atoms with van der Waals surface area (Å²) < 4.78 is 0. The van der Waals surface area contributed by atoms with Crippen LogP contribution in [0.5, 0.6) is 0 Å². The number of benzene rings is 1. The molecule has 2 N–H and O–H groups in total. The van der Waals surface area contributed by atoms with Crippen LogP contribution in [-0.2, 0) is 13.1 Å². The van der Waals surface area contributed by atoms with E-state index < -0.39 is 0 Å². The molecule has 1 aliphatic carbocycles. The molecule has 0 spiro atoms. The zero-order chi connectivity index (χ0) is 13.7. The first kappa shape index (κ1) is 14.5. The van der Waals surface area contributed by atoms with Gasteiger partial charge in [0, 0.05) is 19.1 Å². The molecule has 2 nitrogen and oxygen atoms in total. The van der Waals surface area contributed by atoms with Gasteiger partial charge < -0.3 is 5.73 Å². The van der Waals surface area contributed by atoms with Crippen LogP contribution < -0.4 is 5.73 Å². The van der Waals surface area contributed by atoms with Crippen LogP contribution in [0.2, 0.25) is 0 Å². The first-order valence-corrected chi connectivity index (χ1v) is 7.75. The Morgan fingerprint density at radius 1 is 1.11 bits per heavy atom. The number of hydrogen-bond acceptors (Lipinski definition) is 2. The van der Waals surface area contributed by atoms with E-state index in [1.807, 2.05) is 0 Å². The van der Waals surface area contributed by atoms with Crippen LogP contribution in [0.3, 0.4) is 0 Å². The monoisotopic (exact) mass is 260 g/mol. The van der Waals surface area contributed by atoms with E-state index >= 15 is 0 Å². The molecule has 0 amide bonds. The average Bonchev–Trinajstić information content (AvgIpc) is 2.46. The van der Waals surface area contributed by atoms with Gasteiger partial charge in [-0.05, 0) is 49.3 Å². The van der Waals surface area contributed by atoms with E-state index in [4.69, 9.17) is 5.73 Å². The maximum absolute atomic E-state index is 5.85. The second-order valence-corrected chi connectivity index (χ2v) is 5.95. The van der Waals surface area contributed by atoms with Gasteiger partial charge in [0.1, 0.15) is 0 Å². The van der Waals surface area contributed by atoms with Crippen molar-refractivity contribution in [2.24, 2.45) is 11.7 Å². The average molecular weight is 260 g/mol. The van der Waals surface area contributed by atoms with E-state index in [-0.39, 0.29) is 0 Å². The Bertz CT molecular complexity index is 381. The van der Waals surface area contributed by atoms with Gasteiger partial charge in [-0.3, -0.25) is 4.90 Å². The number of rotatable bonds is 5. The van der Waals surface area contributed by atoms with Gasteiger partial charge in [0.2, 0.25) is 0 Å². The number of nitrogens with zero attached hydrogens (tertiary/aromatic N) is 1. The van der Waals surface area contributed by atoms with Crippen LogP contribution in [0.1, 0.15) is 50.7 Å². The molecule has 1 aromatic carbocycles. The van der Waals surface area contributed by atoms with Crippen LogP contribution in [0, 0.1) is 5.92 Å². The van der Waals surface area contributed by atoms with Gasteiger partial charge in [-0.25, -0.2) is 0 Å². The molecule has 1 saturated carbocycles. The molecule has 1 aliphatic rings. The summed E-state index contributed by atoms with van der Waals surface area (Å²) in [6, 6.07) is 9.38. The summed E-state index contributed by atoms with van der Waals surface area (Å²) >= 11 is 0. The van der Waals surface area contributed by atoms with Crippen LogP contribution in [0.25, 0.3) is 0 Å². The lowest BCUT2D eigenvalue weighted by atomic mass is 9.86. The van der Waals surface area contributed by atoms with Crippen molar-refractivity contribution in [3.63, 3.8) is 0 Å². The lowest BCUT2D eigenvalue weighted by Gasteiger charge is -2.36. The van der Waals surface area contributed by atoms with Gasteiger partial charge >= 0.3 is 0 Å². The maximum Gasteiger partial charge on any atom is 0.0239 e. The molecule has 19 heavy (non-hydrogen) atoms. The second kappa shape index (κ2) is 7.06. The summed E-state index contributed by atoms with van der Waals surface area (Å²) in [4.78, 5) is 2.64. The molecule has 1 fully saturated rings. The summed E-state index contributed by atoms with van der Waals surface area (Å²) in [5.41, 5.74) is 8.55. The Balaban J connectivity index is 2.02. The molecule has 2 heteroatoms. The van der Waals surface area contributed by atoms with Crippen LogP contribution in [0.15, 0.2) is 24.3 Å². The molecule has 1 aromatic rings. The molecular formula is C17H28N2. The van der Waals surface area contributed by atoms with E-state index in [1.54, 1.807) is 0 Å². The first-order valence-electron chi connectivity index (χ1n) is 7.75. The highest BCUT2D eigenvalue weighted by Crippen LogP contribution is 2.28. The van der Waals surface area contributed by atoms with Gasteiger partial charge in [0.05, 0.1) is 0 Å². The van der Waals surface area contributed by atoms with Crippen molar-refractivity contribution in [3.8, 4) is 0 Å². The molecule has 0 unspecified atom stereocenters. The molecule has 2 rings (SSSR count). The molecule has 0 heterocycles. The van der Waals surface area contributed by atoms with Gasteiger partial charge in [-0.15, -0.1) is 0 Å². The molecule has 0 radical (unpaired) electrons. The predicted molar refractivity (Wildman–Crippen MR) is 81.8 cm³/mol. The van der Waals surface area contributed by atoms with E-state index in [1.165, 1.54) is 36.8 Å². The summed E-state index contributed by atoms with van der Waals surface area (Å²) in [7, 11) is 0. The minimum atomic E-state index is 0.648. The highest BCUT2D eigenvalue weighted by Gasteiger charge is 2.23. The molecular weight excluding hydrogens is 232 g/mol. The smallest absolute Gasteiger partial charge is 0.0239 e. The fraction of sp³-hybridized carbons (Fsp3) is 0.647. The lowest BCUT2D eigenvalue weighted by Crippen LogP contribution is -2.37. The minimum Gasteiger partial charge on any atom is -0.326 e. The first-order chi connectivity index (χ1) is 9.24. The third-order valence-electron chi connectivity index (χ3n) is 4.62. The Labute approximate surface area is 118 Å². The van der Waals surface area contributed by atoms with E-state index in [2.05, 4.69) is 43.0 Å². The Morgan fingerprint density at radius 3 is 2.32 bits per heavy atom. The van der Waals surface area contributed by atoms with Gasteiger partial charge in [0.15, 0.2) is 0 Å². The largest absolute Gasteiger partial charge is 0.326 e. The highest BCUT2D eigenvalue weighted by molar-refractivity contribution is 5.26. The van der Waals surface area contributed by atoms with Crippen LogP contribution in [0.4, 0.5) is 0 Å². The zero-order valence-corrected chi connectivity index (χ0v) is 12.4. The standard InChI is InChI=1S/C17H28N2/c1-3-19(17-10-8-14(2)9-11-17)13-16-7-5-4-6-15(16)12-18/h4-7,14,17H,3,8-13,18H2,1-2H3. The van der Waals surface area contributed by atoms with Crippen LogP contribution in [-0.4, -0.2) is 17.5 Å². The van der Waals surface area contributed by atoms with Gasteiger partial charge in [0.25, 0.3) is 0 Å². The minimum absolute atomic E-state index is 0.648. The summed E-state index contributed by atoms with van der Waals surface area (Å²) in [6.07, 6.45) is 5.50. The molecule has 106 valence electrons. The topological polar surface area (TPSA) is 29.3 Å². The Hall–Kier alpha value is -0.860. The number of hydrogen-bond donors (Lipinski definition) is 1.